The fraction of sp³-hybridized carbons (Fsp3) is 0.350. The first kappa shape index (κ1) is 20.2. The summed E-state index contributed by atoms with van der Waals surface area (Å²) in [6, 6.07) is 11.3. The zero-order valence-corrected chi connectivity index (χ0v) is 17.2. The first-order valence-corrected chi connectivity index (χ1v) is 9.93. The van der Waals surface area contributed by atoms with E-state index in [-0.39, 0.29) is 17.7 Å². The zero-order valence-electron chi connectivity index (χ0n) is 16.4. The van der Waals surface area contributed by atoms with Crippen LogP contribution < -0.4 is 5.32 Å². The van der Waals surface area contributed by atoms with Crippen LogP contribution >= 0.6 is 11.8 Å². The van der Waals surface area contributed by atoms with Gasteiger partial charge in [-0.1, -0.05) is 36.0 Å². The largest absolute Gasteiger partial charge is 0.453 e. The molecule has 0 spiro atoms. The molecule has 7 nitrogen and oxygen atoms in total. The van der Waals surface area contributed by atoms with Gasteiger partial charge in [-0.2, -0.15) is 0 Å². The number of carbonyl (C=O) groups is 1. The smallest absolute Gasteiger partial charge is 0.287 e. The van der Waals surface area contributed by atoms with E-state index >= 15 is 0 Å². The van der Waals surface area contributed by atoms with Gasteiger partial charge in [0, 0.05) is 19.9 Å². The van der Waals surface area contributed by atoms with E-state index < -0.39 is 0 Å². The Labute approximate surface area is 168 Å². The van der Waals surface area contributed by atoms with Crippen LogP contribution in [0.5, 0.6) is 0 Å². The van der Waals surface area contributed by atoms with Crippen LogP contribution in [-0.2, 0) is 24.1 Å². The number of nitrogens with one attached hydrogen (secondary N) is 1. The van der Waals surface area contributed by atoms with E-state index in [0.29, 0.717) is 18.2 Å². The van der Waals surface area contributed by atoms with Crippen LogP contribution in [0.1, 0.15) is 46.2 Å². The number of amides is 1. The highest BCUT2D eigenvalue weighted by Gasteiger charge is 2.20. The third-order valence-electron chi connectivity index (χ3n) is 4.39. The Bertz CT molecular complexity index is 951. The van der Waals surface area contributed by atoms with E-state index in [2.05, 4.69) is 34.6 Å². The van der Waals surface area contributed by atoms with Gasteiger partial charge in [0.2, 0.25) is 0 Å². The lowest BCUT2D eigenvalue weighted by Gasteiger charge is -2.12. The minimum atomic E-state index is -0.311. The fourth-order valence-corrected chi connectivity index (χ4v) is 3.79. The fourth-order valence-electron chi connectivity index (χ4n) is 2.80. The van der Waals surface area contributed by atoms with Gasteiger partial charge >= 0.3 is 0 Å². The molecule has 0 radical (unpaired) electrons. The van der Waals surface area contributed by atoms with Crippen LogP contribution in [-0.4, -0.2) is 27.8 Å². The van der Waals surface area contributed by atoms with E-state index in [1.165, 1.54) is 11.1 Å². The molecule has 2 heterocycles. The summed E-state index contributed by atoms with van der Waals surface area (Å²) in [5.41, 5.74) is 2.52. The van der Waals surface area contributed by atoms with Gasteiger partial charge in [-0.15, -0.1) is 10.2 Å². The van der Waals surface area contributed by atoms with Gasteiger partial charge in [0.15, 0.2) is 16.7 Å². The lowest BCUT2D eigenvalue weighted by molar-refractivity contribution is 0.0901. The van der Waals surface area contributed by atoms with Crippen molar-refractivity contribution >= 4 is 17.7 Å². The molecule has 28 heavy (non-hydrogen) atoms. The number of ether oxygens (including phenoxy) is 1. The Kier molecular flexibility index (Phi) is 6.53. The summed E-state index contributed by atoms with van der Waals surface area (Å²) in [5.74, 6) is 2.05. The Morgan fingerprint density at radius 3 is 2.82 bits per heavy atom. The summed E-state index contributed by atoms with van der Waals surface area (Å²) in [6.07, 6.45) is 0. The number of aromatic nitrogens is 3. The van der Waals surface area contributed by atoms with Crippen molar-refractivity contribution < 1.29 is 13.9 Å². The van der Waals surface area contributed by atoms with Gasteiger partial charge in [0.25, 0.3) is 5.91 Å². The number of furan rings is 1. The number of carbonyl (C=O) groups excluding carboxylic acids is 1. The Morgan fingerprint density at radius 1 is 1.29 bits per heavy atom. The molecule has 3 rings (SSSR count). The molecule has 3 aromatic rings. The van der Waals surface area contributed by atoms with Gasteiger partial charge in [-0.05, 0) is 37.1 Å². The number of hydrogen-bond acceptors (Lipinski definition) is 6. The molecular formula is C20H24N4O3S. The molecule has 0 aliphatic carbocycles. The van der Waals surface area contributed by atoms with Gasteiger partial charge in [0.1, 0.15) is 12.4 Å². The van der Waals surface area contributed by atoms with Gasteiger partial charge in [-0.3, -0.25) is 4.79 Å². The van der Waals surface area contributed by atoms with Crippen molar-refractivity contribution in [3.8, 4) is 0 Å². The molecule has 0 aliphatic heterocycles. The molecule has 2 aromatic heterocycles. The quantitative estimate of drug-likeness (QED) is 0.581. The summed E-state index contributed by atoms with van der Waals surface area (Å²) in [7, 11) is 3.48. The topological polar surface area (TPSA) is 82.2 Å². The molecule has 1 aromatic carbocycles. The summed E-state index contributed by atoms with van der Waals surface area (Å²) in [4.78, 5) is 12.4. The van der Waals surface area contributed by atoms with Crippen LogP contribution in [0.15, 0.2) is 46.0 Å². The molecule has 8 heteroatoms. The predicted molar refractivity (Wildman–Crippen MR) is 107 cm³/mol. The molecule has 1 N–H and O–H groups in total. The highest BCUT2D eigenvalue weighted by molar-refractivity contribution is 7.98. The van der Waals surface area contributed by atoms with E-state index in [4.69, 9.17) is 9.15 Å². The first-order chi connectivity index (χ1) is 13.5. The number of aryl methyl sites for hydroxylation is 1. The number of hydrogen-bond donors (Lipinski definition) is 1. The molecule has 1 atom stereocenters. The monoisotopic (exact) mass is 400 g/mol. The Hall–Kier alpha value is -2.58. The lowest BCUT2D eigenvalue weighted by atomic mass is 10.1. The molecule has 1 amide bonds. The molecule has 0 saturated heterocycles. The average molecular weight is 401 g/mol. The number of benzene rings is 1. The van der Waals surface area contributed by atoms with E-state index in [9.17, 15) is 4.79 Å². The molecule has 148 valence electrons. The standard InChI is InChI=1S/C20H24N4O3S/c1-13-7-5-6-8-15(13)12-28-20-23-22-18(24(20)3)14(2)21-19(25)17-10-9-16(27-17)11-26-4/h5-10,14H,11-12H2,1-4H3,(H,21,25)/t14-/m0/s1. The molecule has 0 bridgehead atoms. The van der Waals surface area contributed by atoms with Crippen molar-refractivity contribution in [2.45, 2.75) is 37.4 Å². The molecule has 0 aliphatic rings. The third kappa shape index (κ3) is 4.63. The maximum absolute atomic E-state index is 12.4. The summed E-state index contributed by atoms with van der Waals surface area (Å²) in [6.45, 7) is 4.30. The van der Waals surface area contributed by atoms with Crippen LogP contribution in [0.4, 0.5) is 0 Å². The minimum Gasteiger partial charge on any atom is -0.453 e. The van der Waals surface area contributed by atoms with Crippen LogP contribution in [0.2, 0.25) is 0 Å². The van der Waals surface area contributed by atoms with Crippen molar-refractivity contribution in [1.29, 1.82) is 0 Å². The molecule has 0 saturated carbocycles. The van der Waals surface area contributed by atoms with Crippen LogP contribution in [0.25, 0.3) is 0 Å². The second-order valence-corrected chi connectivity index (χ2v) is 7.45. The van der Waals surface area contributed by atoms with Crippen molar-refractivity contribution in [2.24, 2.45) is 7.05 Å². The normalized spacial score (nSPS) is 12.1. The number of methoxy groups -OCH3 is 1. The van der Waals surface area contributed by atoms with E-state index in [1.807, 2.05) is 30.7 Å². The second-order valence-electron chi connectivity index (χ2n) is 6.51. The van der Waals surface area contributed by atoms with Gasteiger partial charge in [0.05, 0.1) is 6.04 Å². The van der Waals surface area contributed by atoms with Crippen molar-refractivity contribution in [2.75, 3.05) is 7.11 Å². The summed E-state index contributed by atoms with van der Waals surface area (Å²) < 4.78 is 12.4. The number of rotatable bonds is 8. The summed E-state index contributed by atoms with van der Waals surface area (Å²) >= 11 is 1.62. The van der Waals surface area contributed by atoms with Crippen molar-refractivity contribution in [1.82, 2.24) is 20.1 Å². The second kappa shape index (κ2) is 9.07. The highest BCUT2D eigenvalue weighted by atomic mass is 32.2. The molecule has 0 fully saturated rings. The molecule has 0 unspecified atom stereocenters. The zero-order chi connectivity index (χ0) is 20.1. The Balaban J connectivity index is 1.63. The van der Waals surface area contributed by atoms with Crippen LogP contribution in [0.3, 0.4) is 0 Å². The first-order valence-electron chi connectivity index (χ1n) is 8.94. The lowest BCUT2D eigenvalue weighted by Crippen LogP contribution is -2.28. The van der Waals surface area contributed by atoms with Gasteiger partial charge in [-0.25, -0.2) is 0 Å². The van der Waals surface area contributed by atoms with Gasteiger partial charge < -0.3 is 19.0 Å². The maximum Gasteiger partial charge on any atom is 0.287 e. The van der Waals surface area contributed by atoms with E-state index in [0.717, 1.165) is 10.9 Å². The number of nitrogens with zero attached hydrogens (tertiary/aromatic N) is 3. The van der Waals surface area contributed by atoms with Crippen LogP contribution in [0, 0.1) is 6.92 Å². The predicted octanol–water partition coefficient (Wildman–Crippen LogP) is 3.65. The number of thioether (sulfide) groups is 1. The minimum absolute atomic E-state index is 0.246. The Morgan fingerprint density at radius 2 is 2.07 bits per heavy atom. The maximum atomic E-state index is 12.4. The third-order valence-corrected chi connectivity index (χ3v) is 5.46. The summed E-state index contributed by atoms with van der Waals surface area (Å²) in [5, 5.41) is 12.2. The van der Waals surface area contributed by atoms with Crippen molar-refractivity contribution in [3.05, 3.63) is 64.9 Å². The molecular weight excluding hydrogens is 376 g/mol. The van der Waals surface area contributed by atoms with E-state index in [1.54, 1.807) is 31.0 Å². The average Bonchev–Trinajstić information content (AvgIpc) is 3.28. The highest BCUT2D eigenvalue weighted by Crippen LogP contribution is 2.24. The SMILES string of the molecule is COCc1ccc(C(=O)N[C@@H](C)c2nnc(SCc3ccccc3C)n2C)o1. The van der Waals surface area contributed by atoms with Crippen molar-refractivity contribution in [3.63, 3.8) is 0 Å².